The SMILES string of the molecule is O=C(O)c1cn(-c2ccc(Cl)c(Cl)c2)c2nc(N3CCNCC3)c(F)cc2c1=O. The number of rotatable bonds is 3. The van der Waals surface area contributed by atoms with Crippen LogP contribution in [0.1, 0.15) is 10.4 Å². The van der Waals surface area contributed by atoms with Crippen molar-refractivity contribution in [2.24, 2.45) is 0 Å². The number of benzene rings is 1. The van der Waals surface area contributed by atoms with E-state index < -0.39 is 22.8 Å². The smallest absolute Gasteiger partial charge is 0.341 e. The third-order valence-corrected chi connectivity index (χ3v) is 5.48. The number of aromatic nitrogens is 2. The van der Waals surface area contributed by atoms with E-state index in [1.54, 1.807) is 17.0 Å². The van der Waals surface area contributed by atoms with Crippen molar-refractivity contribution < 1.29 is 14.3 Å². The minimum atomic E-state index is -1.42. The van der Waals surface area contributed by atoms with Crippen molar-refractivity contribution in [1.29, 1.82) is 0 Å². The molecule has 1 aliphatic heterocycles. The van der Waals surface area contributed by atoms with Crippen molar-refractivity contribution in [3.63, 3.8) is 0 Å². The highest BCUT2D eigenvalue weighted by atomic mass is 35.5. The van der Waals surface area contributed by atoms with Crippen LogP contribution in [0.3, 0.4) is 0 Å². The number of pyridine rings is 2. The summed E-state index contributed by atoms with van der Waals surface area (Å²) in [4.78, 5) is 30.4. The maximum atomic E-state index is 14.8. The lowest BCUT2D eigenvalue weighted by atomic mass is 10.1. The van der Waals surface area contributed by atoms with Crippen molar-refractivity contribution in [2.45, 2.75) is 0 Å². The highest BCUT2D eigenvalue weighted by molar-refractivity contribution is 6.42. The predicted molar refractivity (Wildman–Crippen MR) is 109 cm³/mol. The standard InChI is InChI=1S/C19H15Cl2FN4O3/c20-13-2-1-10(7-14(13)21)26-9-12(19(28)29)16(27)11-8-15(22)18(24-17(11)26)25-5-3-23-4-6-25/h1-2,7-9,23H,3-6H2,(H,28,29). The molecule has 4 rings (SSSR count). The summed E-state index contributed by atoms with van der Waals surface area (Å²) in [6.07, 6.45) is 1.17. The predicted octanol–water partition coefficient (Wildman–Crippen LogP) is 2.94. The van der Waals surface area contributed by atoms with E-state index in [1.165, 1.54) is 16.8 Å². The quantitative estimate of drug-likeness (QED) is 0.656. The van der Waals surface area contributed by atoms with Gasteiger partial charge in [0.25, 0.3) is 0 Å². The van der Waals surface area contributed by atoms with Gasteiger partial charge in [-0.1, -0.05) is 23.2 Å². The van der Waals surface area contributed by atoms with Crippen LogP contribution in [0.15, 0.2) is 35.3 Å². The van der Waals surface area contributed by atoms with E-state index >= 15 is 0 Å². The van der Waals surface area contributed by atoms with Gasteiger partial charge in [0, 0.05) is 38.1 Å². The van der Waals surface area contributed by atoms with Crippen LogP contribution in [0.2, 0.25) is 10.0 Å². The molecule has 0 unspecified atom stereocenters. The van der Waals surface area contributed by atoms with Crippen molar-refractivity contribution in [3.8, 4) is 5.69 Å². The molecule has 3 heterocycles. The summed E-state index contributed by atoms with van der Waals surface area (Å²) in [5.74, 6) is -1.99. The van der Waals surface area contributed by atoms with Gasteiger partial charge < -0.3 is 19.9 Å². The number of nitrogens with one attached hydrogen (secondary N) is 1. The van der Waals surface area contributed by atoms with Gasteiger partial charge in [0.2, 0.25) is 5.43 Å². The van der Waals surface area contributed by atoms with Crippen LogP contribution in [0.4, 0.5) is 10.2 Å². The van der Waals surface area contributed by atoms with E-state index in [1.807, 2.05) is 0 Å². The van der Waals surface area contributed by atoms with Gasteiger partial charge in [-0.25, -0.2) is 14.2 Å². The maximum absolute atomic E-state index is 14.8. The lowest BCUT2D eigenvalue weighted by Gasteiger charge is -2.29. The van der Waals surface area contributed by atoms with Crippen LogP contribution in [0, 0.1) is 5.82 Å². The molecule has 3 aromatic rings. The van der Waals surface area contributed by atoms with Crippen LogP contribution in [0.5, 0.6) is 0 Å². The molecule has 2 N–H and O–H groups in total. The first-order valence-electron chi connectivity index (χ1n) is 8.77. The van der Waals surface area contributed by atoms with Crippen LogP contribution >= 0.6 is 23.2 Å². The molecule has 0 aliphatic carbocycles. The number of hydrogen-bond donors (Lipinski definition) is 2. The van der Waals surface area contributed by atoms with Crippen LogP contribution in [0.25, 0.3) is 16.7 Å². The summed E-state index contributed by atoms with van der Waals surface area (Å²) in [7, 11) is 0. The van der Waals surface area contributed by atoms with Crippen LogP contribution < -0.4 is 15.6 Å². The Bertz CT molecular complexity index is 1190. The normalized spacial score (nSPS) is 14.4. The number of halogens is 3. The second-order valence-electron chi connectivity index (χ2n) is 6.55. The Labute approximate surface area is 174 Å². The first kappa shape index (κ1) is 19.6. The number of carbonyl (C=O) groups is 1. The lowest BCUT2D eigenvalue weighted by Crippen LogP contribution is -2.44. The molecule has 0 atom stereocenters. The summed E-state index contributed by atoms with van der Waals surface area (Å²) < 4.78 is 16.2. The molecule has 1 fully saturated rings. The topological polar surface area (TPSA) is 87.5 Å². The molecule has 0 bridgehead atoms. The van der Waals surface area contributed by atoms with E-state index in [4.69, 9.17) is 23.2 Å². The molecule has 10 heteroatoms. The van der Waals surface area contributed by atoms with E-state index in [-0.39, 0.29) is 21.9 Å². The van der Waals surface area contributed by atoms with Gasteiger partial charge >= 0.3 is 5.97 Å². The number of nitrogens with zero attached hydrogens (tertiary/aromatic N) is 3. The van der Waals surface area contributed by atoms with E-state index in [0.29, 0.717) is 36.9 Å². The van der Waals surface area contributed by atoms with Gasteiger partial charge in [0.05, 0.1) is 15.4 Å². The molecule has 2 aromatic heterocycles. The number of piperazine rings is 1. The van der Waals surface area contributed by atoms with Gasteiger partial charge in [-0.15, -0.1) is 0 Å². The first-order chi connectivity index (χ1) is 13.9. The number of carboxylic acids is 1. The Morgan fingerprint density at radius 1 is 1.17 bits per heavy atom. The Balaban J connectivity index is 2.03. The summed E-state index contributed by atoms with van der Waals surface area (Å²) in [6, 6.07) is 5.72. The number of anilines is 1. The summed E-state index contributed by atoms with van der Waals surface area (Å²) in [5.41, 5.74) is -0.729. The molecule has 1 aliphatic rings. The largest absolute Gasteiger partial charge is 0.477 e. The maximum Gasteiger partial charge on any atom is 0.341 e. The number of aromatic carboxylic acids is 1. The average Bonchev–Trinajstić information content (AvgIpc) is 2.71. The Hall–Kier alpha value is -2.68. The molecule has 29 heavy (non-hydrogen) atoms. The summed E-state index contributed by atoms with van der Waals surface area (Å²) >= 11 is 12.1. The highest BCUT2D eigenvalue weighted by Gasteiger charge is 2.22. The fourth-order valence-corrected chi connectivity index (χ4v) is 3.59. The van der Waals surface area contributed by atoms with E-state index in [2.05, 4.69) is 10.3 Å². The van der Waals surface area contributed by atoms with Gasteiger partial charge in [0.1, 0.15) is 5.56 Å². The third kappa shape index (κ3) is 3.55. The molecule has 1 aromatic carbocycles. The minimum Gasteiger partial charge on any atom is -0.477 e. The van der Waals surface area contributed by atoms with Crippen molar-refractivity contribution in [3.05, 3.63) is 62.1 Å². The fourth-order valence-electron chi connectivity index (χ4n) is 3.30. The van der Waals surface area contributed by atoms with Crippen LogP contribution in [-0.4, -0.2) is 46.8 Å². The summed E-state index contributed by atoms with van der Waals surface area (Å²) in [5, 5.41) is 13.0. The molecule has 0 saturated carbocycles. The third-order valence-electron chi connectivity index (χ3n) is 4.74. The number of hydrogen-bond acceptors (Lipinski definition) is 5. The van der Waals surface area contributed by atoms with Gasteiger partial charge in [-0.3, -0.25) is 4.79 Å². The minimum absolute atomic E-state index is 0.107. The molecule has 0 amide bonds. The highest BCUT2D eigenvalue weighted by Crippen LogP contribution is 2.28. The van der Waals surface area contributed by atoms with Gasteiger partial charge in [0.15, 0.2) is 17.3 Å². The molecule has 150 valence electrons. The van der Waals surface area contributed by atoms with E-state index in [9.17, 15) is 19.1 Å². The monoisotopic (exact) mass is 436 g/mol. The van der Waals surface area contributed by atoms with Crippen molar-refractivity contribution >= 4 is 46.0 Å². The lowest BCUT2D eigenvalue weighted by molar-refractivity contribution is 0.0695. The zero-order chi connectivity index (χ0) is 20.7. The second-order valence-corrected chi connectivity index (χ2v) is 7.36. The summed E-state index contributed by atoms with van der Waals surface area (Å²) in [6.45, 7) is 2.46. The molecule has 0 spiro atoms. The Morgan fingerprint density at radius 3 is 2.55 bits per heavy atom. The molecular formula is C19H15Cl2FN4O3. The van der Waals surface area contributed by atoms with Crippen molar-refractivity contribution in [2.75, 3.05) is 31.1 Å². The van der Waals surface area contributed by atoms with Gasteiger partial charge in [-0.2, -0.15) is 0 Å². The number of fused-ring (bicyclic) bond motifs is 1. The zero-order valence-electron chi connectivity index (χ0n) is 15.0. The van der Waals surface area contributed by atoms with E-state index in [0.717, 1.165) is 6.07 Å². The molecule has 1 saturated heterocycles. The Morgan fingerprint density at radius 2 is 1.90 bits per heavy atom. The number of carboxylic acid groups (broad SMARTS) is 1. The first-order valence-corrected chi connectivity index (χ1v) is 9.52. The Kier molecular flexibility index (Phi) is 5.16. The van der Waals surface area contributed by atoms with Gasteiger partial charge in [-0.05, 0) is 24.3 Å². The fraction of sp³-hybridized carbons (Fsp3) is 0.211. The van der Waals surface area contributed by atoms with Crippen LogP contribution in [-0.2, 0) is 0 Å². The second kappa shape index (κ2) is 7.62. The molecular weight excluding hydrogens is 422 g/mol. The van der Waals surface area contributed by atoms with Crippen molar-refractivity contribution in [1.82, 2.24) is 14.9 Å². The zero-order valence-corrected chi connectivity index (χ0v) is 16.5. The average molecular weight is 437 g/mol. The molecule has 0 radical (unpaired) electrons. The molecule has 7 nitrogen and oxygen atoms in total.